The number of likely N-dealkylation sites (tertiary alicyclic amines) is 1. The van der Waals surface area contributed by atoms with Crippen LogP contribution in [0.3, 0.4) is 0 Å². The van der Waals surface area contributed by atoms with Gasteiger partial charge in [0.2, 0.25) is 0 Å². The lowest BCUT2D eigenvalue weighted by Crippen LogP contribution is -2.36. The number of aldehydes is 1. The summed E-state index contributed by atoms with van der Waals surface area (Å²) in [6.45, 7) is 5.59. The van der Waals surface area contributed by atoms with Crippen LogP contribution in [-0.2, 0) is 4.79 Å². The number of rotatable bonds is 4. The summed E-state index contributed by atoms with van der Waals surface area (Å²) in [5.41, 5.74) is 0. The fraction of sp³-hybridized carbons (Fsp3) is 0.900. The molecular weight excluding hydrogens is 150 g/mol. The van der Waals surface area contributed by atoms with Gasteiger partial charge in [0.05, 0.1) is 0 Å². The molecule has 0 aliphatic carbocycles. The number of hydrogen-bond acceptors (Lipinski definition) is 2. The minimum Gasteiger partial charge on any atom is -0.303 e. The van der Waals surface area contributed by atoms with Crippen molar-refractivity contribution < 1.29 is 4.79 Å². The number of nitrogens with zero attached hydrogens (tertiary/aromatic N) is 1. The van der Waals surface area contributed by atoms with E-state index in [1.807, 2.05) is 0 Å². The predicted octanol–water partition coefficient (Wildman–Crippen LogP) is 1.70. The first kappa shape index (κ1) is 9.72. The van der Waals surface area contributed by atoms with Gasteiger partial charge in [0.25, 0.3) is 0 Å². The molecule has 1 aliphatic rings. The number of carbonyl (C=O) groups excluding carboxylic acids is 1. The maximum absolute atomic E-state index is 10.6. The Bertz CT molecular complexity index is 136. The molecule has 1 aliphatic heterocycles. The lowest BCUT2D eigenvalue weighted by Gasteiger charge is -2.29. The summed E-state index contributed by atoms with van der Waals surface area (Å²) in [5.74, 6) is 0.315. The quantitative estimate of drug-likeness (QED) is 0.597. The molecule has 1 rings (SSSR count). The Labute approximate surface area is 74.9 Å². The number of hydrogen-bond donors (Lipinski definition) is 0. The Morgan fingerprint density at radius 3 is 3.08 bits per heavy atom. The molecule has 0 amide bonds. The molecule has 0 spiro atoms. The van der Waals surface area contributed by atoms with Crippen molar-refractivity contribution in [2.45, 2.75) is 32.6 Å². The van der Waals surface area contributed by atoms with E-state index in [-0.39, 0.29) is 0 Å². The lowest BCUT2D eigenvalue weighted by atomic mass is 9.99. The van der Waals surface area contributed by atoms with Crippen molar-refractivity contribution in [2.75, 3.05) is 19.6 Å². The molecule has 0 aromatic heterocycles. The van der Waals surface area contributed by atoms with Crippen molar-refractivity contribution in [3.05, 3.63) is 0 Å². The molecule has 0 aromatic carbocycles. The molecule has 0 bridgehead atoms. The highest BCUT2D eigenvalue weighted by Crippen LogP contribution is 2.14. The molecule has 2 heteroatoms. The Morgan fingerprint density at radius 1 is 1.58 bits per heavy atom. The molecule has 1 heterocycles. The molecule has 1 fully saturated rings. The smallest absolute Gasteiger partial charge is 0.124 e. The monoisotopic (exact) mass is 169 g/mol. The van der Waals surface area contributed by atoms with Gasteiger partial charge in [-0.15, -0.1) is 0 Å². The van der Waals surface area contributed by atoms with Crippen LogP contribution in [0.5, 0.6) is 0 Å². The first-order valence-electron chi connectivity index (χ1n) is 5.04. The van der Waals surface area contributed by atoms with Crippen LogP contribution in [0.15, 0.2) is 0 Å². The van der Waals surface area contributed by atoms with Crippen LogP contribution in [0, 0.1) is 5.92 Å². The second kappa shape index (κ2) is 5.31. The molecule has 12 heavy (non-hydrogen) atoms. The van der Waals surface area contributed by atoms with Crippen LogP contribution in [0.2, 0.25) is 0 Å². The number of piperidine rings is 1. The topological polar surface area (TPSA) is 20.3 Å². The van der Waals surface area contributed by atoms with Gasteiger partial charge < -0.3 is 9.69 Å². The maximum atomic E-state index is 10.6. The van der Waals surface area contributed by atoms with Gasteiger partial charge in [-0.1, -0.05) is 13.3 Å². The van der Waals surface area contributed by atoms with Crippen molar-refractivity contribution in [2.24, 2.45) is 5.92 Å². The van der Waals surface area contributed by atoms with E-state index in [4.69, 9.17) is 0 Å². The highest BCUT2D eigenvalue weighted by Gasteiger charge is 2.17. The van der Waals surface area contributed by atoms with E-state index < -0.39 is 0 Å². The highest BCUT2D eigenvalue weighted by molar-refractivity contribution is 5.53. The third kappa shape index (κ3) is 2.94. The van der Waals surface area contributed by atoms with E-state index in [0.29, 0.717) is 5.92 Å². The van der Waals surface area contributed by atoms with Crippen LogP contribution in [-0.4, -0.2) is 30.8 Å². The third-order valence-electron chi connectivity index (χ3n) is 2.56. The van der Waals surface area contributed by atoms with E-state index in [9.17, 15) is 4.79 Å². The molecule has 2 nitrogen and oxygen atoms in total. The Kier molecular flexibility index (Phi) is 4.30. The SMILES string of the molecule is CCCCN1CCCC(C=O)C1. The second-order valence-electron chi connectivity index (χ2n) is 3.69. The molecule has 0 N–H and O–H groups in total. The van der Waals surface area contributed by atoms with Gasteiger partial charge in [-0.3, -0.25) is 0 Å². The summed E-state index contributed by atoms with van der Waals surface area (Å²) in [6.07, 6.45) is 5.95. The molecule has 1 saturated heterocycles. The number of unbranched alkanes of at least 4 members (excludes halogenated alkanes) is 1. The maximum Gasteiger partial charge on any atom is 0.124 e. The average Bonchev–Trinajstić information content (AvgIpc) is 2.15. The fourth-order valence-corrected chi connectivity index (χ4v) is 1.79. The van der Waals surface area contributed by atoms with Gasteiger partial charge >= 0.3 is 0 Å². The van der Waals surface area contributed by atoms with Crippen molar-refractivity contribution in [3.63, 3.8) is 0 Å². The molecule has 70 valence electrons. The summed E-state index contributed by atoms with van der Waals surface area (Å²) in [6, 6.07) is 0. The van der Waals surface area contributed by atoms with Crippen LogP contribution in [0.4, 0.5) is 0 Å². The van der Waals surface area contributed by atoms with Gasteiger partial charge in [-0.2, -0.15) is 0 Å². The molecular formula is C10H19NO. The first-order valence-corrected chi connectivity index (χ1v) is 5.04. The zero-order chi connectivity index (χ0) is 8.81. The highest BCUT2D eigenvalue weighted by atomic mass is 16.1. The molecule has 1 unspecified atom stereocenters. The van der Waals surface area contributed by atoms with E-state index in [1.54, 1.807) is 0 Å². The molecule has 0 saturated carbocycles. The predicted molar refractivity (Wildman–Crippen MR) is 50.1 cm³/mol. The average molecular weight is 169 g/mol. The molecule has 0 aromatic rings. The standard InChI is InChI=1S/C10H19NO/c1-2-3-6-11-7-4-5-10(8-11)9-12/h9-10H,2-8H2,1H3. The Balaban J connectivity index is 2.20. The normalized spacial score (nSPS) is 25.6. The largest absolute Gasteiger partial charge is 0.303 e. The fourth-order valence-electron chi connectivity index (χ4n) is 1.79. The lowest BCUT2D eigenvalue weighted by molar-refractivity contribution is -0.112. The minimum absolute atomic E-state index is 0.315. The molecule has 1 atom stereocenters. The number of carbonyl (C=O) groups is 1. The zero-order valence-electron chi connectivity index (χ0n) is 7.96. The van der Waals surface area contributed by atoms with Crippen LogP contribution < -0.4 is 0 Å². The van der Waals surface area contributed by atoms with Crippen LogP contribution >= 0.6 is 0 Å². The van der Waals surface area contributed by atoms with Crippen LogP contribution in [0.1, 0.15) is 32.6 Å². The van der Waals surface area contributed by atoms with Gasteiger partial charge in [-0.05, 0) is 32.4 Å². The summed E-state index contributed by atoms with van der Waals surface area (Å²) in [5, 5.41) is 0. The summed E-state index contributed by atoms with van der Waals surface area (Å²) in [7, 11) is 0. The van der Waals surface area contributed by atoms with Crippen molar-refractivity contribution in [3.8, 4) is 0 Å². The van der Waals surface area contributed by atoms with E-state index >= 15 is 0 Å². The summed E-state index contributed by atoms with van der Waals surface area (Å²) < 4.78 is 0. The second-order valence-corrected chi connectivity index (χ2v) is 3.69. The molecule has 0 radical (unpaired) electrons. The van der Waals surface area contributed by atoms with Crippen molar-refractivity contribution >= 4 is 6.29 Å². The minimum atomic E-state index is 0.315. The van der Waals surface area contributed by atoms with Gasteiger partial charge in [0.15, 0.2) is 0 Å². The summed E-state index contributed by atoms with van der Waals surface area (Å²) in [4.78, 5) is 13.0. The third-order valence-corrected chi connectivity index (χ3v) is 2.56. The van der Waals surface area contributed by atoms with E-state index in [0.717, 1.165) is 19.3 Å². The van der Waals surface area contributed by atoms with Crippen molar-refractivity contribution in [1.82, 2.24) is 4.90 Å². The zero-order valence-corrected chi connectivity index (χ0v) is 7.96. The summed E-state index contributed by atoms with van der Waals surface area (Å²) >= 11 is 0. The Hall–Kier alpha value is -0.370. The van der Waals surface area contributed by atoms with Gasteiger partial charge in [0, 0.05) is 12.5 Å². The first-order chi connectivity index (χ1) is 5.86. The van der Waals surface area contributed by atoms with E-state index in [2.05, 4.69) is 11.8 Å². The Morgan fingerprint density at radius 2 is 2.42 bits per heavy atom. The van der Waals surface area contributed by atoms with Gasteiger partial charge in [-0.25, -0.2) is 0 Å². The van der Waals surface area contributed by atoms with Crippen molar-refractivity contribution in [1.29, 1.82) is 0 Å². The van der Waals surface area contributed by atoms with Gasteiger partial charge in [0.1, 0.15) is 6.29 Å². The van der Waals surface area contributed by atoms with Crippen LogP contribution in [0.25, 0.3) is 0 Å². The van der Waals surface area contributed by atoms with E-state index in [1.165, 1.54) is 32.4 Å².